The summed E-state index contributed by atoms with van der Waals surface area (Å²) in [5, 5.41) is 14.3. The number of ether oxygens (including phenoxy) is 1. The molecular weight excluding hydrogens is 502 g/mol. The number of nitrogen functional groups attached to an aromatic ring is 1. The van der Waals surface area contributed by atoms with E-state index in [1.54, 1.807) is 30.3 Å². The number of nitrogens with two attached hydrogens (primary N) is 1. The van der Waals surface area contributed by atoms with Gasteiger partial charge in [-0.25, -0.2) is 8.42 Å². The summed E-state index contributed by atoms with van der Waals surface area (Å²) in [5.41, 5.74) is 8.40. The Bertz CT molecular complexity index is 1310. The molecule has 38 heavy (non-hydrogen) atoms. The van der Waals surface area contributed by atoms with Crippen LogP contribution in [-0.2, 0) is 16.4 Å². The Labute approximate surface area is 225 Å². The first-order valence-electron chi connectivity index (χ1n) is 12.5. The van der Waals surface area contributed by atoms with Gasteiger partial charge in [-0.05, 0) is 66.8 Å². The normalized spacial score (nSPS) is 13.3. The smallest absolute Gasteiger partial charge is 0.251 e. The minimum Gasteiger partial charge on any atom is -0.497 e. The molecule has 0 spiro atoms. The first-order chi connectivity index (χ1) is 18.0. The number of hydrogen-bond acceptors (Lipinski definition) is 6. The summed E-state index contributed by atoms with van der Waals surface area (Å²) in [6, 6.07) is 19.9. The molecule has 0 saturated carbocycles. The first-order valence-corrected chi connectivity index (χ1v) is 14.0. The van der Waals surface area contributed by atoms with E-state index in [9.17, 15) is 18.3 Å². The molecule has 4 N–H and O–H groups in total. The molecule has 3 aromatic rings. The molecule has 0 bridgehead atoms. The highest BCUT2D eigenvalue weighted by Crippen LogP contribution is 2.22. The topological polar surface area (TPSA) is 122 Å². The van der Waals surface area contributed by atoms with Gasteiger partial charge in [-0.2, -0.15) is 4.31 Å². The third kappa shape index (κ3) is 7.56. The number of methoxy groups -OCH3 is 1. The fraction of sp³-hybridized carbons (Fsp3) is 0.345. The van der Waals surface area contributed by atoms with E-state index in [1.807, 2.05) is 51.1 Å². The first kappa shape index (κ1) is 29.2. The van der Waals surface area contributed by atoms with E-state index in [4.69, 9.17) is 10.5 Å². The average Bonchev–Trinajstić information content (AvgIpc) is 2.89. The number of aryl methyl sites for hydroxylation is 1. The lowest BCUT2D eigenvalue weighted by Gasteiger charge is -2.31. The Morgan fingerprint density at radius 1 is 1.03 bits per heavy atom. The molecule has 0 radical (unpaired) electrons. The van der Waals surface area contributed by atoms with Crippen molar-refractivity contribution in [2.24, 2.45) is 5.92 Å². The zero-order valence-corrected chi connectivity index (χ0v) is 23.1. The number of sulfonamides is 1. The second-order valence-electron chi connectivity index (χ2n) is 9.80. The van der Waals surface area contributed by atoms with Crippen LogP contribution in [0.25, 0.3) is 0 Å². The van der Waals surface area contributed by atoms with Crippen LogP contribution in [0.2, 0.25) is 0 Å². The molecule has 0 aromatic heterocycles. The molecule has 0 aliphatic carbocycles. The number of aliphatic hydroxyl groups excluding tert-OH is 1. The SMILES string of the molecule is COc1ccc(S(=O)(=O)N(CC(C)C)CC(O)[C@H](Cc2ccccc2)NC(=O)c2cc(N)ccc2C)cc1. The van der Waals surface area contributed by atoms with Gasteiger partial charge in [0.05, 0.1) is 24.2 Å². The van der Waals surface area contributed by atoms with Crippen LogP contribution in [0.15, 0.2) is 77.7 Å². The summed E-state index contributed by atoms with van der Waals surface area (Å²) in [6.07, 6.45) is -0.875. The van der Waals surface area contributed by atoms with E-state index in [0.717, 1.165) is 11.1 Å². The summed E-state index contributed by atoms with van der Waals surface area (Å²) in [4.78, 5) is 13.3. The molecule has 0 fully saturated rings. The predicted octanol–water partition coefficient (Wildman–Crippen LogP) is 3.63. The van der Waals surface area contributed by atoms with E-state index < -0.39 is 22.2 Å². The molecular formula is C29H37N3O5S. The Hall–Kier alpha value is -3.40. The van der Waals surface area contributed by atoms with Crippen LogP contribution in [0.5, 0.6) is 5.75 Å². The maximum atomic E-state index is 13.6. The fourth-order valence-electron chi connectivity index (χ4n) is 4.19. The average molecular weight is 540 g/mol. The van der Waals surface area contributed by atoms with Crippen molar-refractivity contribution < 1.29 is 23.1 Å². The number of rotatable bonds is 12. The largest absolute Gasteiger partial charge is 0.497 e. The number of benzene rings is 3. The van der Waals surface area contributed by atoms with Gasteiger partial charge < -0.3 is 20.9 Å². The molecule has 0 aliphatic heterocycles. The van der Waals surface area contributed by atoms with Gasteiger partial charge in [0, 0.05) is 24.3 Å². The maximum absolute atomic E-state index is 13.6. The number of carbonyl (C=O) groups excluding carboxylic acids is 1. The molecule has 3 aromatic carbocycles. The van der Waals surface area contributed by atoms with Crippen molar-refractivity contribution in [3.63, 3.8) is 0 Å². The second kappa shape index (κ2) is 12.9. The van der Waals surface area contributed by atoms with Crippen molar-refractivity contribution in [3.8, 4) is 5.75 Å². The summed E-state index contributed by atoms with van der Waals surface area (Å²) in [7, 11) is -2.42. The number of amides is 1. The molecule has 8 nitrogen and oxygen atoms in total. The predicted molar refractivity (Wildman–Crippen MR) is 150 cm³/mol. The molecule has 1 amide bonds. The van der Waals surface area contributed by atoms with E-state index in [2.05, 4.69) is 5.32 Å². The van der Waals surface area contributed by atoms with Gasteiger partial charge in [0.15, 0.2) is 0 Å². The highest BCUT2D eigenvalue weighted by molar-refractivity contribution is 7.89. The van der Waals surface area contributed by atoms with Crippen molar-refractivity contribution in [2.75, 3.05) is 25.9 Å². The van der Waals surface area contributed by atoms with Gasteiger partial charge in [-0.15, -0.1) is 0 Å². The van der Waals surface area contributed by atoms with Crippen LogP contribution in [0, 0.1) is 12.8 Å². The van der Waals surface area contributed by atoms with Gasteiger partial charge in [-0.1, -0.05) is 50.2 Å². The van der Waals surface area contributed by atoms with Crippen molar-refractivity contribution >= 4 is 21.6 Å². The van der Waals surface area contributed by atoms with Crippen LogP contribution in [0.4, 0.5) is 5.69 Å². The van der Waals surface area contributed by atoms with E-state index in [-0.39, 0.29) is 29.8 Å². The zero-order valence-electron chi connectivity index (χ0n) is 22.3. The number of carbonyl (C=O) groups is 1. The Balaban J connectivity index is 1.90. The Morgan fingerprint density at radius 3 is 2.29 bits per heavy atom. The third-order valence-electron chi connectivity index (χ3n) is 6.24. The van der Waals surface area contributed by atoms with Gasteiger partial charge >= 0.3 is 0 Å². The standard InChI is InChI=1S/C29H37N3O5S/c1-20(2)18-32(38(35,36)25-14-12-24(37-4)13-15-25)19-28(33)27(16-22-8-6-5-7-9-22)31-29(34)26-17-23(30)11-10-21(26)3/h5-15,17,20,27-28,33H,16,18-19,30H2,1-4H3,(H,31,34)/t27-,28?/m0/s1. The van der Waals surface area contributed by atoms with Crippen molar-refractivity contribution in [3.05, 3.63) is 89.5 Å². The minimum absolute atomic E-state index is 0.00679. The van der Waals surface area contributed by atoms with Crippen LogP contribution in [-0.4, -0.2) is 56.1 Å². The quantitative estimate of drug-likeness (QED) is 0.302. The maximum Gasteiger partial charge on any atom is 0.251 e. The van der Waals surface area contributed by atoms with Gasteiger partial charge in [0.2, 0.25) is 10.0 Å². The van der Waals surface area contributed by atoms with Crippen molar-refractivity contribution in [1.82, 2.24) is 9.62 Å². The van der Waals surface area contributed by atoms with Gasteiger partial charge in [0.25, 0.3) is 5.91 Å². The summed E-state index contributed by atoms with van der Waals surface area (Å²) >= 11 is 0. The van der Waals surface area contributed by atoms with Crippen LogP contribution in [0.1, 0.15) is 35.3 Å². The lowest BCUT2D eigenvalue weighted by atomic mass is 9.99. The Kier molecular flexibility index (Phi) is 9.90. The lowest BCUT2D eigenvalue weighted by Crippen LogP contribution is -2.51. The molecule has 0 saturated heterocycles. The molecule has 0 heterocycles. The molecule has 204 valence electrons. The monoisotopic (exact) mass is 539 g/mol. The van der Waals surface area contributed by atoms with Crippen molar-refractivity contribution in [2.45, 2.75) is 44.2 Å². The Morgan fingerprint density at radius 2 is 1.68 bits per heavy atom. The highest BCUT2D eigenvalue weighted by atomic mass is 32.2. The number of nitrogens with one attached hydrogen (secondary N) is 1. The third-order valence-corrected chi connectivity index (χ3v) is 8.09. The molecule has 2 atom stereocenters. The van der Waals surface area contributed by atoms with Gasteiger partial charge in [-0.3, -0.25) is 4.79 Å². The van der Waals surface area contributed by atoms with Crippen LogP contribution < -0.4 is 15.8 Å². The molecule has 1 unspecified atom stereocenters. The van der Waals surface area contributed by atoms with Gasteiger partial charge in [0.1, 0.15) is 5.75 Å². The van der Waals surface area contributed by atoms with E-state index in [1.165, 1.54) is 23.5 Å². The second-order valence-corrected chi connectivity index (χ2v) is 11.7. The number of nitrogens with zero attached hydrogens (tertiary/aromatic N) is 1. The van der Waals surface area contributed by atoms with Crippen LogP contribution in [0.3, 0.4) is 0 Å². The summed E-state index contributed by atoms with van der Waals surface area (Å²) < 4.78 is 33.6. The number of aliphatic hydroxyl groups is 1. The summed E-state index contributed by atoms with van der Waals surface area (Å²) in [5.74, 6) is 0.164. The number of anilines is 1. The van der Waals surface area contributed by atoms with Crippen LogP contribution >= 0.6 is 0 Å². The number of hydrogen-bond donors (Lipinski definition) is 3. The highest BCUT2D eigenvalue weighted by Gasteiger charge is 2.31. The molecule has 0 aliphatic rings. The lowest BCUT2D eigenvalue weighted by molar-refractivity contribution is 0.0775. The van der Waals surface area contributed by atoms with Crippen molar-refractivity contribution in [1.29, 1.82) is 0 Å². The molecule has 3 rings (SSSR count). The van der Waals surface area contributed by atoms with E-state index in [0.29, 0.717) is 23.4 Å². The fourth-order valence-corrected chi connectivity index (χ4v) is 5.81. The molecule has 9 heteroatoms. The summed E-state index contributed by atoms with van der Waals surface area (Å²) in [6.45, 7) is 5.64. The van der Waals surface area contributed by atoms with E-state index >= 15 is 0 Å². The minimum atomic E-state index is -3.93. The zero-order chi connectivity index (χ0) is 27.9.